The first-order valence-corrected chi connectivity index (χ1v) is 14.6. The third-order valence-corrected chi connectivity index (χ3v) is 7.48. The molecule has 0 aromatic heterocycles. The monoisotopic (exact) mass is 584 g/mol. The van der Waals surface area contributed by atoms with E-state index in [4.69, 9.17) is 18.9 Å². The summed E-state index contributed by atoms with van der Waals surface area (Å²) < 4.78 is 23.3. The maximum Gasteiger partial charge on any atom is 0.323 e. The summed E-state index contributed by atoms with van der Waals surface area (Å²) in [6, 6.07) is 9.28. The topological polar surface area (TPSA) is 122 Å². The maximum atomic E-state index is 14.2. The highest BCUT2D eigenvalue weighted by Gasteiger charge is 2.30. The van der Waals surface area contributed by atoms with E-state index in [-0.39, 0.29) is 37.4 Å². The molecule has 0 unspecified atom stereocenters. The standard InChI is InChI=1S/C31H44N4O7/c1-20-16-35(21(2)18-36)30(37)25-14-23(32-31(38)33-24-10-12-27-28(15-24)41-19-40-27)9-11-26(25)42-22(3)8-6-7-13-39-29(20)17-34(4)5/h9-12,14-15,20-22,29,36H,6-8,13,16-19H2,1-5H3,(H2,32,33,38)/t20-,21+,22-,29+/m1/s1. The zero-order valence-electron chi connectivity index (χ0n) is 25.2. The number of aliphatic hydroxyl groups is 1. The fraction of sp³-hybridized carbons (Fsp3) is 0.548. The number of hydrogen-bond donors (Lipinski definition) is 3. The van der Waals surface area contributed by atoms with Crippen molar-refractivity contribution >= 4 is 23.3 Å². The average molecular weight is 585 g/mol. The number of benzene rings is 2. The van der Waals surface area contributed by atoms with Crippen LogP contribution >= 0.6 is 0 Å². The maximum absolute atomic E-state index is 14.2. The van der Waals surface area contributed by atoms with Crippen LogP contribution in [0.4, 0.5) is 16.2 Å². The summed E-state index contributed by atoms with van der Waals surface area (Å²) in [5, 5.41) is 15.7. The fourth-order valence-corrected chi connectivity index (χ4v) is 5.09. The molecular weight excluding hydrogens is 540 g/mol. The summed E-state index contributed by atoms with van der Waals surface area (Å²) in [7, 11) is 4.01. The van der Waals surface area contributed by atoms with E-state index in [1.54, 1.807) is 41.3 Å². The van der Waals surface area contributed by atoms with Gasteiger partial charge in [0.05, 0.1) is 30.4 Å². The van der Waals surface area contributed by atoms with E-state index in [1.807, 2.05) is 27.9 Å². The molecule has 0 spiro atoms. The van der Waals surface area contributed by atoms with Crippen LogP contribution in [0.25, 0.3) is 0 Å². The van der Waals surface area contributed by atoms with Crippen molar-refractivity contribution in [2.45, 2.75) is 58.3 Å². The Morgan fingerprint density at radius 3 is 2.45 bits per heavy atom. The number of nitrogens with one attached hydrogen (secondary N) is 2. The Hall–Kier alpha value is -3.54. The van der Waals surface area contributed by atoms with Crippen LogP contribution in [0.5, 0.6) is 17.2 Å². The molecule has 0 fully saturated rings. The van der Waals surface area contributed by atoms with Gasteiger partial charge < -0.3 is 44.5 Å². The van der Waals surface area contributed by atoms with Crippen molar-refractivity contribution in [2.24, 2.45) is 5.92 Å². The number of rotatable bonds is 6. The predicted molar refractivity (Wildman–Crippen MR) is 161 cm³/mol. The lowest BCUT2D eigenvalue weighted by atomic mass is 10.0. The zero-order chi connectivity index (χ0) is 30.2. The summed E-state index contributed by atoms with van der Waals surface area (Å²) in [6.07, 6.45) is 2.44. The van der Waals surface area contributed by atoms with Gasteiger partial charge in [-0.2, -0.15) is 0 Å². The van der Waals surface area contributed by atoms with Crippen LogP contribution in [-0.4, -0.2) is 92.3 Å². The second kappa shape index (κ2) is 14.6. The van der Waals surface area contributed by atoms with E-state index in [1.165, 1.54) is 0 Å². The van der Waals surface area contributed by atoms with Crippen LogP contribution in [0.3, 0.4) is 0 Å². The van der Waals surface area contributed by atoms with Crippen LogP contribution in [-0.2, 0) is 4.74 Å². The van der Waals surface area contributed by atoms with Crippen LogP contribution in [0.2, 0.25) is 0 Å². The van der Waals surface area contributed by atoms with Gasteiger partial charge in [-0.25, -0.2) is 4.79 Å². The molecule has 0 bridgehead atoms. The normalized spacial score (nSPS) is 22.1. The molecule has 2 aliphatic rings. The Labute approximate surface area is 248 Å². The SMILES string of the molecule is C[C@@H]1CCCCO[C@@H](CN(C)C)[C@H](C)CN([C@@H](C)CO)C(=O)c2cc(NC(=O)Nc3ccc4c(c3)OCO4)ccc2O1. The van der Waals surface area contributed by atoms with Crippen LogP contribution < -0.4 is 24.8 Å². The molecule has 42 heavy (non-hydrogen) atoms. The summed E-state index contributed by atoms with van der Waals surface area (Å²) in [6.45, 7) is 7.57. The van der Waals surface area contributed by atoms with Crippen molar-refractivity contribution in [3.63, 3.8) is 0 Å². The van der Waals surface area contributed by atoms with Gasteiger partial charge in [-0.1, -0.05) is 6.92 Å². The zero-order valence-corrected chi connectivity index (χ0v) is 25.2. The highest BCUT2D eigenvalue weighted by atomic mass is 16.7. The largest absolute Gasteiger partial charge is 0.490 e. The van der Waals surface area contributed by atoms with Gasteiger partial charge in [0.1, 0.15) is 5.75 Å². The summed E-state index contributed by atoms with van der Waals surface area (Å²) in [4.78, 5) is 30.8. The van der Waals surface area contributed by atoms with Gasteiger partial charge in [0, 0.05) is 43.1 Å². The van der Waals surface area contributed by atoms with E-state index < -0.39 is 12.1 Å². The first-order valence-electron chi connectivity index (χ1n) is 14.6. The van der Waals surface area contributed by atoms with E-state index in [2.05, 4.69) is 22.5 Å². The number of nitrogens with zero attached hydrogens (tertiary/aromatic N) is 2. The molecule has 4 rings (SSSR count). The first kappa shape index (κ1) is 31.4. The Balaban J connectivity index is 1.60. The predicted octanol–water partition coefficient (Wildman–Crippen LogP) is 4.42. The minimum Gasteiger partial charge on any atom is -0.490 e. The molecular formula is C31H44N4O7. The number of amides is 3. The molecule has 11 heteroatoms. The highest BCUT2D eigenvalue weighted by Crippen LogP contribution is 2.34. The van der Waals surface area contributed by atoms with Crippen molar-refractivity contribution in [2.75, 3.05) is 57.8 Å². The van der Waals surface area contributed by atoms with E-state index in [0.29, 0.717) is 47.3 Å². The van der Waals surface area contributed by atoms with Crippen molar-refractivity contribution < 1.29 is 33.6 Å². The van der Waals surface area contributed by atoms with E-state index in [0.717, 1.165) is 25.8 Å². The van der Waals surface area contributed by atoms with Gasteiger partial charge in [0.25, 0.3) is 5.91 Å². The molecule has 0 aliphatic carbocycles. The Kier molecular flexibility index (Phi) is 10.9. The number of hydrogen-bond acceptors (Lipinski definition) is 8. The third-order valence-electron chi connectivity index (χ3n) is 7.48. The first-order chi connectivity index (χ1) is 20.1. The molecule has 0 radical (unpaired) electrons. The Bertz CT molecular complexity index is 1220. The molecule has 3 N–H and O–H groups in total. The number of likely N-dealkylation sites (N-methyl/N-ethyl adjacent to an activating group) is 1. The lowest BCUT2D eigenvalue weighted by Crippen LogP contribution is -2.47. The Morgan fingerprint density at radius 2 is 1.74 bits per heavy atom. The number of carbonyl (C=O) groups is 2. The van der Waals surface area contributed by atoms with Crippen molar-refractivity contribution in [1.29, 1.82) is 0 Å². The van der Waals surface area contributed by atoms with Crippen molar-refractivity contribution in [3.8, 4) is 17.2 Å². The van der Waals surface area contributed by atoms with Gasteiger partial charge >= 0.3 is 6.03 Å². The van der Waals surface area contributed by atoms with Crippen molar-refractivity contribution in [1.82, 2.24) is 9.80 Å². The fourth-order valence-electron chi connectivity index (χ4n) is 5.09. The molecule has 3 amide bonds. The van der Waals surface area contributed by atoms with Crippen molar-refractivity contribution in [3.05, 3.63) is 42.0 Å². The number of urea groups is 1. The van der Waals surface area contributed by atoms with Crippen LogP contribution in [0, 0.1) is 5.92 Å². The average Bonchev–Trinajstić information content (AvgIpc) is 3.42. The quantitative estimate of drug-likeness (QED) is 0.457. The minimum atomic E-state index is -0.477. The molecule has 2 aliphatic heterocycles. The molecule has 0 saturated heterocycles. The van der Waals surface area contributed by atoms with Gasteiger partial charge in [0.15, 0.2) is 11.5 Å². The summed E-state index contributed by atoms with van der Waals surface area (Å²) >= 11 is 0. The molecule has 4 atom stereocenters. The smallest absolute Gasteiger partial charge is 0.323 e. The van der Waals surface area contributed by atoms with E-state index >= 15 is 0 Å². The van der Waals surface area contributed by atoms with Gasteiger partial charge in [0.2, 0.25) is 6.79 Å². The van der Waals surface area contributed by atoms with Gasteiger partial charge in [-0.05, 0) is 77.5 Å². The number of carbonyl (C=O) groups excluding carboxylic acids is 2. The molecule has 2 aromatic rings. The molecule has 0 saturated carbocycles. The third kappa shape index (κ3) is 8.27. The number of aliphatic hydroxyl groups excluding tert-OH is 1. The molecule has 2 aromatic carbocycles. The van der Waals surface area contributed by atoms with Gasteiger partial charge in [-0.15, -0.1) is 0 Å². The number of fused-ring (bicyclic) bond motifs is 2. The molecule has 2 heterocycles. The van der Waals surface area contributed by atoms with Crippen LogP contribution in [0.1, 0.15) is 50.4 Å². The lowest BCUT2D eigenvalue weighted by Gasteiger charge is -2.35. The Morgan fingerprint density at radius 1 is 1.05 bits per heavy atom. The minimum absolute atomic E-state index is 0.00497. The number of anilines is 2. The highest BCUT2D eigenvalue weighted by molar-refractivity contribution is 6.02. The van der Waals surface area contributed by atoms with E-state index in [9.17, 15) is 14.7 Å². The van der Waals surface area contributed by atoms with Crippen LogP contribution in [0.15, 0.2) is 36.4 Å². The van der Waals surface area contributed by atoms with Gasteiger partial charge in [-0.3, -0.25) is 4.79 Å². The summed E-state index contributed by atoms with van der Waals surface area (Å²) in [5.41, 5.74) is 1.28. The lowest BCUT2D eigenvalue weighted by molar-refractivity contribution is -0.0137. The second-order valence-corrected chi connectivity index (χ2v) is 11.4. The second-order valence-electron chi connectivity index (χ2n) is 11.4. The molecule has 230 valence electrons. The number of ether oxygens (including phenoxy) is 4. The molecule has 11 nitrogen and oxygen atoms in total. The summed E-state index contributed by atoms with van der Waals surface area (Å²) in [5.74, 6) is 1.34.